The number of rotatable bonds is 6. The Kier molecular flexibility index (Phi) is 6.55. The fourth-order valence-electron chi connectivity index (χ4n) is 1.51. The van der Waals surface area contributed by atoms with Crippen LogP contribution in [0.1, 0.15) is 41.0 Å². The average molecular weight is 279 g/mol. The Morgan fingerprint density at radius 3 is 2.17 bits per heavy atom. The molecule has 0 spiro atoms. The Morgan fingerprint density at radius 2 is 1.83 bits per heavy atom. The van der Waals surface area contributed by atoms with Crippen LogP contribution in [0.5, 0.6) is 0 Å². The summed E-state index contributed by atoms with van der Waals surface area (Å²) in [5.41, 5.74) is 5.28. The molecule has 6 heteroatoms. The molecule has 0 amide bonds. The van der Waals surface area contributed by atoms with Crippen molar-refractivity contribution in [3.05, 3.63) is 0 Å². The molecule has 5 nitrogen and oxygen atoms in total. The number of nitrogens with two attached hydrogens (primary N) is 1. The molecule has 0 aliphatic heterocycles. The van der Waals surface area contributed by atoms with Gasteiger partial charge in [0.05, 0.1) is 5.78 Å². The van der Waals surface area contributed by atoms with Gasteiger partial charge in [0.25, 0.3) is 0 Å². The molecule has 0 aromatic rings. The van der Waals surface area contributed by atoms with Gasteiger partial charge in [-0.1, -0.05) is 13.8 Å². The number of hydrogen-bond donors (Lipinski definition) is 1. The van der Waals surface area contributed by atoms with Gasteiger partial charge in [0, 0.05) is 7.11 Å². The zero-order valence-electron chi connectivity index (χ0n) is 12.2. The predicted octanol–water partition coefficient (Wildman–Crippen LogP) is 2.58. The van der Waals surface area contributed by atoms with Gasteiger partial charge in [-0.2, -0.15) is 0 Å². The summed E-state index contributed by atoms with van der Waals surface area (Å²) in [5.74, 6) is -0.871. The molecule has 2 atom stereocenters. The van der Waals surface area contributed by atoms with Crippen LogP contribution in [0.2, 0.25) is 0 Å². The lowest BCUT2D eigenvalue weighted by atomic mass is 10.1. The molecule has 0 heterocycles. The van der Waals surface area contributed by atoms with E-state index in [1.807, 2.05) is 13.8 Å². The van der Waals surface area contributed by atoms with Crippen molar-refractivity contribution in [2.45, 2.75) is 52.4 Å². The second-order valence-corrected chi connectivity index (χ2v) is 8.65. The number of carbonyl (C=O) groups excluding carboxylic acids is 1. The highest BCUT2D eigenvalue weighted by Crippen LogP contribution is 2.51. The summed E-state index contributed by atoms with van der Waals surface area (Å²) in [6, 6.07) is 0. The summed E-state index contributed by atoms with van der Waals surface area (Å²) in [6.07, 6.45) is 0.280. The van der Waals surface area contributed by atoms with Crippen LogP contribution in [0.3, 0.4) is 0 Å². The van der Waals surface area contributed by atoms with Crippen LogP contribution in [0.25, 0.3) is 0 Å². The van der Waals surface area contributed by atoms with Crippen molar-refractivity contribution < 1.29 is 18.6 Å². The van der Waals surface area contributed by atoms with Gasteiger partial charge in [0.2, 0.25) is 7.37 Å². The maximum absolute atomic E-state index is 12.5. The number of hydrogen-bond acceptors (Lipinski definition) is 5. The molecule has 18 heavy (non-hydrogen) atoms. The van der Waals surface area contributed by atoms with E-state index in [0.717, 1.165) is 0 Å². The monoisotopic (exact) mass is 279 g/mol. The molecule has 0 saturated heterocycles. The Balaban J connectivity index is 4.67. The maximum Gasteiger partial charge on any atom is 0.316 e. The highest BCUT2D eigenvalue weighted by molar-refractivity contribution is 7.60. The van der Waals surface area contributed by atoms with Crippen LogP contribution in [0.15, 0.2) is 0 Å². The SMILES string of the molecule is COP(=O)(CC(=O)OC(C)(C)C)C(N)CC(C)C. The van der Waals surface area contributed by atoms with E-state index in [0.29, 0.717) is 12.3 Å². The maximum atomic E-state index is 12.5. The average Bonchev–Trinajstić information content (AvgIpc) is 2.12. The van der Waals surface area contributed by atoms with E-state index in [9.17, 15) is 9.36 Å². The van der Waals surface area contributed by atoms with E-state index < -0.39 is 24.7 Å². The molecular formula is C12H26NO4P. The highest BCUT2D eigenvalue weighted by Gasteiger charge is 2.35. The first-order chi connectivity index (χ1) is 8.00. The minimum absolute atomic E-state index is 0.269. The molecular weight excluding hydrogens is 253 g/mol. The van der Waals surface area contributed by atoms with Crippen molar-refractivity contribution in [3.63, 3.8) is 0 Å². The first-order valence-electron chi connectivity index (χ1n) is 6.12. The topological polar surface area (TPSA) is 78.6 Å². The summed E-state index contributed by atoms with van der Waals surface area (Å²) in [7, 11) is -1.86. The number of ether oxygens (including phenoxy) is 1. The molecule has 0 bridgehead atoms. The van der Waals surface area contributed by atoms with E-state index in [2.05, 4.69) is 0 Å². The summed E-state index contributed by atoms with van der Waals surface area (Å²) in [4.78, 5) is 11.7. The zero-order chi connectivity index (χ0) is 14.6. The van der Waals surface area contributed by atoms with Gasteiger partial charge >= 0.3 is 5.97 Å². The third-order valence-electron chi connectivity index (χ3n) is 2.30. The standard InChI is InChI=1S/C12H26NO4P/c1-9(2)7-10(13)18(15,16-6)8-11(14)17-12(3,4)5/h9-10H,7-8,13H2,1-6H3. The first-order valence-corrected chi connectivity index (χ1v) is 8.00. The van der Waals surface area contributed by atoms with Crippen molar-refractivity contribution in [3.8, 4) is 0 Å². The van der Waals surface area contributed by atoms with E-state index in [-0.39, 0.29) is 6.16 Å². The van der Waals surface area contributed by atoms with E-state index in [4.69, 9.17) is 15.0 Å². The van der Waals surface area contributed by atoms with Crippen molar-refractivity contribution >= 4 is 13.3 Å². The van der Waals surface area contributed by atoms with Crippen molar-refractivity contribution in [2.75, 3.05) is 13.3 Å². The fourth-order valence-corrected chi connectivity index (χ4v) is 3.32. The number of esters is 1. The second-order valence-electron chi connectivity index (χ2n) is 5.85. The molecule has 2 unspecified atom stereocenters. The van der Waals surface area contributed by atoms with Gasteiger partial charge in [0.15, 0.2) is 0 Å². The van der Waals surface area contributed by atoms with Crippen LogP contribution >= 0.6 is 7.37 Å². The second kappa shape index (κ2) is 6.69. The van der Waals surface area contributed by atoms with Crippen LogP contribution in [-0.4, -0.2) is 30.6 Å². The normalized spacial score (nSPS) is 17.3. The van der Waals surface area contributed by atoms with Crippen molar-refractivity contribution in [2.24, 2.45) is 11.7 Å². The van der Waals surface area contributed by atoms with Gasteiger partial charge in [0.1, 0.15) is 11.8 Å². The van der Waals surface area contributed by atoms with Gasteiger partial charge in [-0.15, -0.1) is 0 Å². The largest absolute Gasteiger partial charge is 0.460 e. The van der Waals surface area contributed by atoms with Gasteiger partial charge in [-0.3, -0.25) is 9.36 Å². The number of carbonyl (C=O) groups is 1. The van der Waals surface area contributed by atoms with E-state index in [1.54, 1.807) is 20.8 Å². The van der Waals surface area contributed by atoms with Gasteiger partial charge in [-0.05, 0) is 33.1 Å². The van der Waals surface area contributed by atoms with Crippen LogP contribution in [0, 0.1) is 5.92 Å². The molecule has 0 aromatic carbocycles. The Morgan fingerprint density at radius 1 is 1.33 bits per heavy atom. The Labute approximate surface area is 110 Å². The van der Waals surface area contributed by atoms with Crippen LogP contribution < -0.4 is 5.73 Å². The third kappa shape index (κ3) is 6.53. The summed E-state index contributed by atoms with van der Waals surface area (Å²) >= 11 is 0. The minimum Gasteiger partial charge on any atom is -0.460 e. The predicted molar refractivity (Wildman–Crippen MR) is 72.8 cm³/mol. The quantitative estimate of drug-likeness (QED) is 0.597. The van der Waals surface area contributed by atoms with Gasteiger partial charge < -0.3 is 15.0 Å². The fraction of sp³-hybridized carbons (Fsp3) is 0.917. The lowest BCUT2D eigenvalue weighted by molar-refractivity contribution is -0.151. The molecule has 0 rings (SSSR count). The molecule has 2 N–H and O–H groups in total. The summed E-state index contributed by atoms with van der Waals surface area (Å²) < 4.78 is 22.6. The highest BCUT2D eigenvalue weighted by atomic mass is 31.2. The molecule has 108 valence electrons. The molecule has 0 aliphatic rings. The first kappa shape index (κ1) is 17.6. The Hall–Kier alpha value is -0.380. The molecule has 0 saturated carbocycles. The van der Waals surface area contributed by atoms with Gasteiger partial charge in [-0.25, -0.2) is 0 Å². The van der Waals surface area contributed by atoms with Crippen LogP contribution in [-0.2, 0) is 18.6 Å². The van der Waals surface area contributed by atoms with Crippen molar-refractivity contribution in [1.82, 2.24) is 0 Å². The molecule has 0 radical (unpaired) electrons. The smallest absolute Gasteiger partial charge is 0.316 e. The zero-order valence-corrected chi connectivity index (χ0v) is 13.1. The van der Waals surface area contributed by atoms with Crippen molar-refractivity contribution in [1.29, 1.82) is 0 Å². The van der Waals surface area contributed by atoms with Crippen LogP contribution in [0.4, 0.5) is 0 Å². The Bertz CT molecular complexity index is 323. The summed E-state index contributed by atoms with van der Waals surface area (Å²) in [5, 5.41) is 0. The molecule has 0 aliphatic carbocycles. The third-order valence-corrected chi connectivity index (χ3v) is 4.84. The molecule has 0 fully saturated rings. The lowest BCUT2D eigenvalue weighted by Gasteiger charge is -2.26. The molecule has 0 aromatic heterocycles. The van der Waals surface area contributed by atoms with E-state index in [1.165, 1.54) is 7.11 Å². The van der Waals surface area contributed by atoms with E-state index >= 15 is 0 Å². The lowest BCUT2D eigenvalue weighted by Crippen LogP contribution is -2.30. The minimum atomic E-state index is -3.18. The summed E-state index contributed by atoms with van der Waals surface area (Å²) in [6.45, 7) is 9.24.